The molecule has 86 valence electrons. The molecule has 0 saturated heterocycles. The van der Waals surface area contributed by atoms with Crippen molar-refractivity contribution in [1.82, 2.24) is 19.6 Å². The number of fused-ring (bicyclic) bond motifs is 1. The van der Waals surface area contributed by atoms with Gasteiger partial charge in [-0.05, 0) is 30.7 Å². The van der Waals surface area contributed by atoms with Gasteiger partial charge < -0.3 is 0 Å². The molecular weight excluding hydrogens is 226 g/mol. The standard InChI is InChI=1S/C13H9N5/c1-9-3-2-6-15-12(9)13-17-16-11-5-4-10(7-14)8-18(11)13/h2-6,8H,1H3. The Kier molecular flexibility index (Phi) is 2.27. The first-order valence-corrected chi connectivity index (χ1v) is 5.46. The topological polar surface area (TPSA) is 66.9 Å². The molecular formula is C13H9N5. The molecule has 5 nitrogen and oxygen atoms in total. The van der Waals surface area contributed by atoms with Crippen LogP contribution in [0.5, 0.6) is 0 Å². The molecule has 0 spiro atoms. The molecule has 0 atom stereocenters. The summed E-state index contributed by atoms with van der Waals surface area (Å²) in [5, 5.41) is 17.1. The van der Waals surface area contributed by atoms with E-state index in [4.69, 9.17) is 5.26 Å². The first-order chi connectivity index (χ1) is 8.79. The van der Waals surface area contributed by atoms with Crippen LogP contribution in [0.25, 0.3) is 17.2 Å². The average molecular weight is 235 g/mol. The molecule has 0 unspecified atom stereocenters. The number of hydrogen-bond donors (Lipinski definition) is 0. The molecule has 0 aliphatic rings. The largest absolute Gasteiger partial charge is 0.280 e. The minimum absolute atomic E-state index is 0.567. The van der Waals surface area contributed by atoms with E-state index >= 15 is 0 Å². The van der Waals surface area contributed by atoms with E-state index in [-0.39, 0.29) is 0 Å². The summed E-state index contributed by atoms with van der Waals surface area (Å²) in [5.74, 6) is 0.653. The van der Waals surface area contributed by atoms with Gasteiger partial charge in [0.05, 0.1) is 5.56 Å². The number of rotatable bonds is 1. The van der Waals surface area contributed by atoms with Gasteiger partial charge in [0.15, 0.2) is 11.5 Å². The summed E-state index contributed by atoms with van der Waals surface area (Å²) < 4.78 is 1.79. The Morgan fingerprint density at radius 3 is 2.89 bits per heavy atom. The highest BCUT2D eigenvalue weighted by Gasteiger charge is 2.11. The Labute approximate surface area is 103 Å². The highest BCUT2D eigenvalue weighted by Crippen LogP contribution is 2.19. The number of pyridine rings is 2. The number of hydrogen-bond acceptors (Lipinski definition) is 4. The second-order valence-corrected chi connectivity index (χ2v) is 3.95. The highest BCUT2D eigenvalue weighted by molar-refractivity contribution is 5.59. The molecule has 0 fully saturated rings. The van der Waals surface area contributed by atoms with E-state index in [9.17, 15) is 0 Å². The lowest BCUT2D eigenvalue weighted by Crippen LogP contribution is -1.94. The molecule has 0 aliphatic heterocycles. The van der Waals surface area contributed by atoms with Crippen molar-refractivity contribution in [3.05, 3.63) is 47.8 Å². The second-order valence-electron chi connectivity index (χ2n) is 3.95. The fourth-order valence-corrected chi connectivity index (χ4v) is 1.84. The monoisotopic (exact) mass is 235 g/mol. The second kappa shape index (κ2) is 3.93. The molecule has 0 aliphatic carbocycles. The SMILES string of the molecule is Cc1cccnc1-c1nnc2ccc(C#N)cn12. The zero-order valence-electron chi connectivity index (χ0n) is 9.70. The lowest BCUT2D eigenvalue weighted by molar-refractivity contribution is 1.08. The molecule has 3 aromatic heterocycles. The molecule has 0 saturated carbocycles. The Balaban J connectivity index is 2.31. The van der Waals surface area contributed by atoms with Crippen LogP contribution in [0.1, 0.15) is 11.1 Å². The molecule has 18 heavy (non-hydrogen) atoms. The number of aryl methyl sites for hydroxylation is 1. The van der Waals surface area contributed by atoms with E-state index in [1.807, 2.05) is 19.1 Å². The molecule has 0 radical (unpaired) electrons. The maximum Gasteiger partial charge on any atom is 0.187 e. The molecule has 0 N–H and O–H groups in total. The maximum absolute atomic E-state index is 8.93. The van der Waals surface area contributed by atoms with Crippen molar-refractivity contribution in [1.29, 1.82) is 5.26 Å². The van der Waals surface area contributed by atoms with E-state index < -0.39 is 0 Å². The van der Waals surface area contributed by atoms with Gasteiger partial charge in [-0.15, -0.1) is 10.2 Å². The van der Waals surface area contributed by atoms with E-state index in [1.165, 1.54) is 0 Å². The Bertz CT molecular complexity index is 766. The van der Waals surface area contributed by atoms with E-state index in [0.717, 1.165) is 11.3 Å². The van der Waals surface area contributed by atoms with Gasteiger partial charge in [0.2, 0.25) is 0 Å². The van der Waals surface area contributed by atoms with Gasteiger partial charge in [0.1, 0.15) is 11.8 Å². The Hall–Kier alpha value is -2.74. The van der Waals surface area contributed by atoms with Crippen LogP contribution in [0, 0.1) is 18.3 Å². The lowest BCUT2D eigenvalue weighted by Gasteiger charge is -2.02. The van der Waals surface area contributed by atoms with Crippen LogP contribution in [0.4, 0.5) is 0 Å². The van der Waals surface area contributed by atoms with Crippen molar-refractivity contribution >= 4 is 5.65 Å². The van der Waals surface area contributed by atoms with Gasteiger partial charge in [-0.1, -0.05) is 6.07 Å². The molecule has 0 bridgehead atoms. The van der Waals surface area contributed by atoms with Crippen LogP contribution in [0.2, 0.25) is 0 Å². The summed E-state index contributed by atoms with van der Waals surface area (Å²) in [7, 11) is 0. The van der Waals surface area contributed by atoms with Crippen molar-refractivity contribution in [2.75, 3.05) is 0 Å². The van der Waals surface area contributed by atoms with Gasteiger partial charge in [0, 0.05) is 12.4 Å². The Morgan fingerprint density at radius 1 is 1.22 bits per heavy atom. The van der Waals surface area contributed by atoms with E-state index in [1.54, 1.807) is 28.9 Å². The summed E-state index contributed by atoms with van der Waals surface area (Å²) >= 11 is 0. The van der Waals surface area contributed by atoms with Gasteiger partial charge in [0.25, 0.3) is 0 Å². The van der Waals surface area contributed by atoms with Gasteiger partial charge in [-0.25, -0.2) is 0 Å². The quantitative estimate of drug-likeness (QED) is 0.646. The van der Waals surface area contributed by atoms with Crippen molar-refractivity contribution in [2.45, 2.75) is 6.92 Å². The minimum atomic E-state index is 0.567. The third-order valence-corrected chi connectivity index (χ3v) is 2.75. The molecule has 3 aromatic rings. The molecule has 5 heteroatoms. The summed E-state index contributed by atoms with van der Waals surface area (Å²) in [6.45, 7) is 1.97. The van der Waals surface area contributed by atoms with Crippen LogP contribution in [-0.4, -0.2) is 19.6 Å². The lowest BCUT2D eigenvalue weighted by atomic mass is 10.2. The summed E-state index contributed by atoms with van der Waals surface area (Å²) in [6, 6.07) is 9.45. The minimum Gasteiger partial charge on any atom is -0.280 e. The van der Waals surface area contributed by atoms with Crippen molar-refractivity contribution in [3.8, 4) is 17.6 Å². The smallest absolute Gasteiger partial charge is 0.187 e. The third-order valence-electron chi connectivity index (χ3n) is 2.75. The highest BCUT2D eigenvalue weighted by atomic mass is 15.2. The van der Waals surface area contributed by atoms with Crippen LogP contribution < -0.4 is 0 Å². The normalized spacial score (nSPS) is 10.4. The first kappa shape index (κ1) is 10.4. The van der Waals surface area contributed by atoms with Crippen LogP contribution in [0.15, 0.2) is 36.7 Å². The fourth-order valence-electron chi connectivity index (χ4n) is 1.84. The summed E-state index contributed by atoms with van der Waals surface area (Å²) in [6.07, 6.45) is 3.44. The van der Waals surface area contributed by atoms with E-state index in [2.05, 4.69) is 21.3 Å². The van der Waals surface area contributed by atoms with Gasteiger partial charge in [-0.2, -0.15) is 5.26 Å². The fraction of sp³-hybridized carbons (Fsp3) is 0.0769. The maximum atomic E-state index is 8.93. The third kappa shape index (κ3) is 1.52. The van der Waals surface area contributed by atoms with Crippen molar-refractivity contribution in [2.24, 2.45) is 0 Å². The van der Waals surface area contributed by atoms with Gasteiger partial charge in [-0.3, -0.25) is 9.38 Å². The number of nitrogens with zero attached hydrogens (tertiary/aromatic N) is 5. The predicted molar refractivity (Wildman–Crippen MR) is 65.7 cm³/mol. The van der Waals surface area contributed by atoms with Crippen LogP contribution >= 0.6 is 0 Å². The average Bonchev–Trinajstić information content (AvgIpc) is 2.82. The van der Waals surface area contributed by atoms with Crippen LogP contribution in [0.3, 0.4) is 0 Å². The van der Waals surface area contributed by atoms with Crippen molar-refractivity contribution < 1.29 is 0 Å². The number of aromatic nitrogens is 4. The molecule has 0 aromatic carbocycles. The predicted octanol–water partition coefficient (Wildman–Crippen LogP) is 1.97. The number of nitriles is 1. The summed E-state index contributed by atoms with van der Waals surface area (Å²) in [5.41, 5.74) is 3.07. The first-order valence-electron chi connectivity index (χ1n) is 5.46. The molecule has 3 heterocycles. The van der Waals surface area contributed by atoms with Gasteiger partial charge >= 0.3 is 0 Å². The zero-order valence-corrected chi connectivity index (χ0v) is 9.70. The molecule has 0 amide bonds. The zero-order chi connectivity index (χ0) is 12.5. The Morgan fingerprint density at radius 2 is 2.11 bits per heavy atom. The van der Waals surface area contributed by atoms with Crippen LogP contribution in [-0.2, 0) is 0 Å². The van der Waals surface area contributed by atoms with Crippen molar-refractivity contribution in [3.63, 3.8) is 0 Å². The summed E-state index contributed by atoms with van der Waals surface area (Å²) in [4.78, 5) is 4.32. The molecule has 3 rings (SSSR count). The van der Waals surface area contributed by atoms with E-state index in [0.29, 0.717) is 17.0 Å².